The lowest BCUT2D eigenvalue weighted by Gasteiger charge is -2.01. The van der Waals surface area contributed by atoms with Crippen molar-refractivity contribution in [2.45, 2.75) is 26.3 Å². The molecule has 56 valence electrons. The summed E-state index contributed by atoms with van der Waals surface area (Å²) in [7, 11) is 0. The zero-order valence-corrected chi connectivity index (χ0v) is 6.42. The average Bonchev–Trinajstić information content (AvgIpc) is 2.33. The van der Waals surface area contributed by atoms with E-state index < -0.39 is 0 Å². The van der Waals surface area contributed by atoms with Crippen molar-refractivity contribution >= 4 is 0 Å². The van der Waals surface area contributed by atoms with Gasteiger partial charge in [-0.15, -0.1) is 0 Å². The molecule has 0 radical (unpaired) electrons. The van der Waals surface area contributed by atoms with Crippen molar-refractivity contribution in [3.63, 3.8) is 0 Å². The van der Waals surface area contributed by atoms with Gasteiger partial charge in [0.2, 0.25) is 0 Å². The lowest BCUT2D eigenvalue weighted by Crippen LogP contribution is -1.99. The molecule has 0 spiro atoms. The summed E-state index contributed by atoms with van der Waals surface area (Å²) in [6.45, 7) is 4.76. The van der Waals surface area contributed by atoms with Gasteiger partial charge in [-0.1, -0.05) is 13.8 Å². The molecule has 0 aliphatic rings. The predicted molar refractivity (Wildman–Crippen MR) is 40.7 cm³/mol. The molecule has 2 nitrogen and oxygen atoms in total. The second-order valence-electron chi connectivity index (χ2n) is 2.66. The zero-order valence-electron chi connectivity index (χ0n) is 6.42. The van der Waals surface area contributed by atoms with Gasteiger partial charge in [0.15, 0.2) is 0 Å². The summed E-state index contributed by atoms with van der Waals surface area (Å²) < 4.78 is 5.15. The van der Waals surface area contributed by atoms with Crippen LogP contribution in [0, 0.1) is 0 Å². The Labute approximate surface area is 61.0 Å². The van der Waals surface area contributed by atoms with Crippen LogP contribution in [0.15, 0.2) is 16.7 Å². The highest BCUT2D eigenvalue weighted by Crippen LogP contribution is 2.19. The maximum atomic E-state index is 5.44. The molecule has 0 saturated heterocycles. The molecular weight excluding hydrogens is 126 g/mol. The Morgan fingerprint density at radius 2 is 2.30 bits per heavy atom. The summed E-state index contributed by atoms with van der Waals surface area (Å²) in [5, 5.41) is 0. The minimum absolute atomic E-state index is 0.501. The zero-order chi connectivity index (χ0) is 7.56. The minimum atomic E-state index is 0.501. The number of hydrogen-bond acceptors (Lipinski definition) is 2. The van der Waals surface area contributed by atoms with Crippen molar-refractivity contribution < 1.29 is 4.42 Å². The smallest absolute Gasteiger partial charge is 0.120 e. The molecule has 0 atom stereocenters. The first-order valence-electron chi connectivity index (χ1n) is 3.52. The Morgan fingerprint density at radius 3 is 2.70 bits per heavy atom. The van der Waals surface area contributed by atoms with Gasteiger partial charge in [0.1, 0.15) is 5.76 Å². The molecule has 0 saturated carbocycles. The Morgan fingerprint density at radius 1 is 1.60 bits per heavy atom. The molecule has 0 unspecified atom stereocenters. The summed E-state index contributed by atoms with van der Waals surface area (Å²) >= 11 is 0. The normalized spacial score (nSPS) is 10.8. The summed E-state index contributed by atoms with van der Waals surface area (Å²) in [5.41, 5.74) is 6.66. The van der Waals surface area contributed by atoms with Crippen molar-refractivity contribution in [3.05, 3.63) is 23.7 Å². The fraction of sp³-hybridized carbons (Fsp3) is 0.500. The van der Waals surface area contributed by atoms with Crippen LogP contribution in [0.1, 0.15) is 31.1 Å². The molecule has 1 rings (SSSR count). The second kappa shape index (κ2) is 2.88. The monoisotopic (exact) mass is 139 g/mol. The highest BCUT2D eigenvalue weighted by molar-refractivity contribution is 5.20. The molecule has 10 heavy (non-hydrogen) atoms. The third-order valence-corrected chi connectivity index (χ3v) is 1.59. The largest absolute Gasteiger partial charge is 0.468 e. The molecule has 0 amide bonds. The maximum Gasteiger partial charge on any atom is 0.120 e. The highest BCUT2D eigenvalue weighted by atomic mass is 16.3. The molecule has 0 fully saturated rings. The fourth-order valence-corrected chi connectivity index (χ4v) is 1.03. The van der Waals surface area contributed by atoms with E-state index in [1.165, 1.54) is 5.56 Å². The minimum Gasteiger partial charge on any atom is -0.468 e. The lowest BCUT2D eigenvalue weighted by molar-refractivity contribution is 0.505. The molecule has 1 heterocycles. The van der Waals surface area contributed by atoms with Gasteiger partial charge >= 0.3 is 0 Å². The van der Waals surface area contributed by atoms with Gasteiger partial charge in [0.05, 0.1) is 12.8 Å². The SMILES string of the molecule is CC(C)c1ccoc1CN. The Bertz CT molecular complexity index is 203. The molecule has 0 aliphatic carbocycles. The molecule has 1 aromatic heterocycles. The van der Waals surface area contributed by atoms with E-state index in [1.54, 1.807) is 6.26 Å². The van der Waals surface area contributed by atoms with E-state index in [9.17, 15) is 0 Å². The highest BCUT2D eigenvalue weighted by Gasteiger charge is 2.06. The van der Waals surface area contributed by atoms with Crippen molar-refractivity contribution in [1.82, 2.24) is 0 Å². The first-order valence-corrected chi connectivity index (χ1v) is 3.52. The van der Waals surface area contributed by atoms with Crippen LogP contribution in [-0.4, -0.2) is 0 Å². The van der Waals surface area contributed by atoms with E-state index >= 15 is 0 Å². The van der Waals surface area contributed by atoms with Gasteiger partial charge < -0.3 is 10.2 Å². The third-order valence-electron chi connectivity index (χ3n) is 1.59. The third kappa shape index (κ3) is 1.21. The van der Waals surface area contributed by atoms with Gasteiger partial charge in [-0.05, 0) is 17.5 Å². The fourth-order valence-electron chi connectivity index (χ4n) is 1.03. The maximum absolute atomic E-state index is 5.44. The summed E-state index contributed by atoms with van der Waals surface area (Å²) in [4.78, 5) is 0. The quantitative estimate of drug-likeness (QED) is 0.679. The van der Waals surface area contributed by atoms with Crippen LogP contribution in [0.4, 0.5) is 0 Å². The molecule has 0 aromatic carbocycles. The average molecular weight is 139 g/mol. The van der Waals surface area contributed by atoms with Gasteiger partial charge in [-0.25, -0.2) is 0 Å². The van der Waals surface area contributed by atoms with Crippen molar-refractivity contribution in [1.29, 1.82) is 0 Å². The number of hydrogen-bond donors (Lipinski definition) is 1. The van der Waals surface area contributed by atoms with Gasteiger partial charge in [0, 0.05) is 0 Å². The van der Waals surface area contributed by atoms with Gasteiger partial charge in [-0.3, -0.25) is 0 Å². The van der Waals surface area contributed by atoms with Crippen LogP contribution in [-0.2, 0) is 6.54 Å². The summed E-state index contributed by atoms with van der Waals surface area (Å²) in [5.74, 6) is 1.42. The van der Waals surface area contributed by atoms with Crippen LogP contribution in [0.5, 0.6) is 0 Å². The van der Waals surface area contributed by atoms with E-state index in [1.807, 2.05) is 6.07 Å². The van der Waals surface area contributed by atoms with Gasteiger partial charge in [0.25, 0.3) is 0 Å². The van der Waals surface area contributed by atoms with E-state index in [2.05, 4.69) is 13.8 Å². The number of nitrogens with two attached hydrogens (primary N) is 1. The first kappa shape index (κ1) is 7.35. The molecule has 2 heteroatoms. The lowest BCUT2D eigenvalue weighted by atomic mass is 10.0. The predicted octanol–water partition coefficient (Wildman–Crippen LogP) is 1.86. The number of rotatable bonds is 2. The first-order chi connectivity index (χ1) is 4.75. The van der Waals surface area contributed by atoms with E-state index in [4.69, 9.17) is 10.2 Å². The standard InChI is InChI=1S/C8H13NO/c1-6(2)7-3-4-10-8(7)5-9/h3-4,6H,5,9H2,1-2H3. The second-order valence-corrected chi connectivity index (χ2v) is 2.66. The van der Waals surface area contributed by atoms with Crippen molar-refractivity contribution in [3.8, 4) is 0 Å². The molecular formula is C8H13NO. The van der Waals surface area contributed by atoms with E-state index in [0.29, 0.717) is 12.5 Å². The van der Waals surface area contributed by atoms with Crippen LogP contribution >= 0.6 is 0 Å². The Hall–Kier alpha value is -0.760. The Balaban J connectivity index is 2.90. The van der Waals surface area contributed by atoms with Crippen molar-refractivity contribution in [2.75, 3.05) is 0 Å². The van der Waals surface area contributed by atoms with Crippen LogP contribution in [0.2, 0.25) is 0 Å². The van der Waals surface area contributed by atoms with Crippen LogP contribution < -0.4 is 5.73 Å². The van der Waals surface area contributed by atoms with Crippen LogP contribution in [0.25, 0.3) is 0 Å². The topological polar surface area (TPSA) is 39.2 Å². The van der Waals surface area contributed by atoms with Crippen molar-refractivity contribution in [2.24, 2.45) is 5.73 Å². The molecule has 0 bridgehead atoms. The molecule has 0 aliphatic heterocycles. The summed E-state index contributed by atoms with van der Waals surface area (Å²) in [6.07, 6.45) is 1.69. The summed E-state index contributed by atoms with van der Waals surface area (Å²) in [6, 6.07) is 1.98. The van der Waals surface area contributed by atoms with E-state index in [-0.39, 0.29) is 0 Å². The molecule has 2 N–H and O–H groups in total. The van der Waals surface area contributed by atoms with Gasteiger partial charge in [-0.2, -0.15) is 0 Å². The van der Waals surface area contributed by atoms with Crippen LogP contribution in [0.3, 0.4) is 0 Å². The Kier molecular flexibility index (Phi) is 2.12. The molecule has 1 aromatic rings. The van der Waals surface area contributed by atoms with E-state index in [0.717, 1.165) is 5.76 Å². The number of furan rings is 1.